The third kappa shape index (κ3) is 3.11. The van der Waals surface area contributed by atoms with Gasteiger partial charge < -0.3 is 4.90 Å². The molecule has 0 aliphatic heterocycles. The van der Waals surface area contributed by atoms with Crippen molar-refractivity contribution in [1.82, 2.24) is 20.0 Å². The van der Waals surface area contributed by atoms with Crippen molar-refractivity contribution in [3.05, 3.63) is 40.6 Å². The summed E-state index contributed by atoms with van der Waals surface area (Å²) >= 11 is 0. The molecule has 0 spiro atoms. The number of pyridine rings is 1. The minimum Gasteiger partial charge on any atom is -0.370 e. The van der Waals surface area contributed by atoms with E-state index in [1.54, 1.807) is 0 Å². The molecule has 0 fully saturated rings. The SMILES string of the molecule is CCCN(CC)c1cc(C)nc2c1nnn2-c1c(C)cc(C)cc1C. The molecule has 0 N–H and O–H groups in total. The molecular weight excluding hydrogens is 310 g/mol. The van der Waals surface area contributed by atoms with Gasteiger partial charge in [-0.2, -0.15) is 4.68 Å². The highest BCUT2D eigenvalue weighted by Gasteiger charge is 2.18. The zero-order valence-corrected chi connectivity index (χ0v) is 16.1. The standard InChI is InChI=1S/C20H27N5/c1-7-9-24(8-2)17-12-16(6)21-20-18(17)22-23-25(20)19-14(4)10-13(3)11-15(19)5/h10-12H,7-9H2,1-6H3. The summed E-state index contributed by atoms with van der Waals surface area (Å²) in [5.74, 6) is 0. The molecule has 0 bridgehead atoms. The molecule has 0 aliphatic rings. The van der Waals surface area contributed by atoms with Crippen LogP contribution in [-0.2, 0) is 0 Å². The summed E-state index contributed by atoms with van der Waals surface area (Å²) in [6.45, 7) is 14.7. The van der Waals surface area contributed by atoms with Gasteiger partial charge >= 0.3 is 0 Å². The molecule has 0 saturated heterocycles. The predicted molar refractivity (Wildman–Crippen MR) is 104 cm³/mol. The first-order valence-electron chi connectivity index (χ1n) is 9.02. The Labute approximate surface area is 149 Å². The maximum atomic E-state index is 4.77. The Morgan fingerprint density at radius 3 is 2.28 bits per heavy atom. The van der Waals surface area contributed by atoms with E-state index in [1.807, 2.05) is 11.6 Å². The second-order valence-electron chi connectivity index (χ2n) is 6.78. The predicted octanol–water partition coefficient (Wildman–Crippen LogP) is 4.29. The fourth-order valence-electron chi connectivity index (χ4n) is 3.63. The van der Waals surface area contributed by atoms with Gasteiger partial charge in [-0.05, 0) is 58.2 Å². The topological polar surface area (TPSA) is 46.8 Å². The Morgan fingerprint density at radius 1 is 1.00 bits per heavy atom. The Bertz CT molecular complexity index is 887. The van der Waals surface area contributed by atoms with Gasteiger partial charge in [0.2, 0.25) is 0 Å². The third-order valence-corrected chi connectivity index (χ3v) is 4.58. The van der Waals surface area contributed by atoms with E-state index < -0.39 is 0 Å². The highest BCUT2D eigenvalue weighted by Crippen LogP contribution is 2.29. The van der Waals surface area contributed by atoms with Crippen LogP contribution in [0.3, 0.4) is 0 Å². The lowest BCUT2D eigenvalue weighted by molar-refractivity contribution is 0.791. The van der Waals surface area contributed by atoms with Crippen molar-refractivity contribution in [1.29, 1.82) is 0 Å². The summed E-state index contributed by atoms with van der Waals surface area (Å²) in [7, 11) is 0. The van der Waals surface area contributed by atoms with Crippen LogP contribution >= 0.6 is 0 Å². The average molecular weight is 337 g/mol. The van der Waals surface area contributed by atoms with E-state index >= 15 is 0 Å². The van der Waals surface area contributed by atoms with Gasteiger partial charge in [0.05, 0.1) is 11.4 Å². The van der Waals surface area contributed by atoms with Gasteiger partial charge in [0, 0.05) is 18.8 Å². The van der Waals surface area contributed by atoms with E-state index in [4.69, 9.17) is 4.98 Å². The van der Waals surface area contributed by atoms with Crippen molar-refractivity contribution in [2.45, 2.75) is 48.0 Å². The van der Waals surface area contributed by atoms with Crippen LogP contribution in [0, 0.1) is 27.7 Å². The molecule has 0 unspecified atom stereocenters. The van der Waals surface area contributed by atoms with E-state index in [2.05, 4.69) is 68.0 Å². The molecule has 0 saturated carbocycles. The molecule has 2 heterocycles. The number of aromatic nitrogens is 4. The number of hydrogen-bond acceptors (Lipinski definition) is 4. The van der Waals surface area contributed by atoms with Crippen molar-refractivity contribution in [3.63, 3.8) is 0 Å². The lowest BCUT2D eigenvalue weighted by Gasteiger charge is -2.22. The van der Waals surface area contributed by atoms with Gasteiger partial charge in [-0.1, -0.05) is 29.8 Å². The maximum Gasteiger partial charge on any atom is 0.186 e. The largest absolute Gasteiger partial charge is 0.370 e. The molecule has 0 radical (unpaired) electrons. The van der Waals surface area contributed by atoms with E-state index in [9.17, 15) is 0 Å². The van der Waals surface area contributed by atoms with Crippen molar-refractivity contribution in [2.75, 3.05) is 18.0 Å². The first-order valence-corrected chi connectivity index (χ1v) is 9.02. The highest BCUT2D eigenvalue weighted by molar-refractivity contribution is 5.87. The number of aryl methyl sites for hydroxylation is 4. The molecule has 5 heteroatoms. The molecule has 2 aromatic heterocycles. The highest BCUT2D eigenvalue weighted by atomic mass is 15.4. The summed E-state index contributed by atoms with van der Waals surface area (Å²) in [6, 6.07) is 6.49. The van der Waals surface area contributed by atoms with Gasteiger partial charge in [0.25, 0.3) is 0 Å². The summed E-state index contributed by atoms with van der Waals surface area (Å²) in [5, 5.41) is 8.97. The first kappa shape index (κ1) is 17.4. The number of benzene rings is 1. The van der Waals surface area contributed by atoms with Crippen LogP contribution in [0.4, 0.5) is 5.69 Å². The molecule has 5 nitrogen and oxygen atoms in total. The quantitative estimate of drug-likeness (QED) is 0.697. The van der Waals surface area contributed by atoms with Gasteiger partial charge in [0.15, 0.2) is 11.2 Å². The average Bonchev–Trinajstić information content (AvgIpc) is 2.94. The number of rotatable bonds is 5. The van der Waals surface area contributed by atoms with Gasteiger partial charge in [-0.3, -0.25) is 0 Å². The normalized spacial score (nSPS) is 11.3. The molecule has 0 aliphatic carbocycles. The van der Waals surface area contributed by atoms with Crippen LogP contribution in [0.5, 0.6) is 0 Å². The fourth-order valence-corrected chi connectivity index (χ4v) is 3.63. The van der Waals surface area contributed by atoms with E-state index in [0.29, 0.717) is 0 Å². The van der Waals surface area contributed by atoms with Crippen molar-refractivity contribution < 1.29 is 0 Å². The summed E-state index contributed by atoms with van der Waals surface area (Å²) in [4.78, 5) is 7.12. The van der Waals surface area contributed by atoms with Gasteiger partial charge in [-0.25, -0.2) is 4.98 Å². The monoisotopic (exact) mass is 337 g/mol. The molecule has 132 valence electrons. The summed E-state index contributed by atoms with van der Waals surface area (Å²) in [6.07, 6.45) is 1.10. The zero-order valence-electron chi connectivity index (χ0n) is 16.1. The molecule has 25 heavy (non-hydrogen) atoms. The number of nitrogens with zero attached hydrogens (tertiary/aromatic N) is 5. The van der Waals surface area contributed by atoms with Crippen LogP contribution in [0.25, 0.3) is 16.9 Å². The summed E-state index contributed by atoms with van der Waals surface area (Å²) in [5.41, 5.74) is 8.54. The van der Waals surface area contributed by atoms with Crippen molar-refractivity contribution in [3.8, 4) is 5.69 Å². The van der Waals surface area contributed by atoms with E-state index in [-0.39, 0.29) is 0 Å². The lowest BCUT2D eigenvalue weighted by atomic mass is 10.1. The van der Waals surface area contributed by atoms with Crippen molar-refractivity contribution in [2.24, 2.45) is 0 Å². The van der Waals surface area contributed by atoms with E-state index in [0.717, 1.165) is 47.7 Å². The van der Waals surface area contributed by atoms with Gasteiger partial charge in [-0.15, -0.1) is 5.10 Å². The van der Waals surface area contributed by atoms with Crippen LogP contribution < -0.4 is 4.90 Å². The zero-order chi connectivity index (χ0) is 18.1. The second kappa shape index (κ2) is 6.82. The molecule has 0 atom stereocenters. The second-order valence-corrected chi connectivity index (χ2v) is 6.78. The number of hydrogen-bond donors (Lipinski definition) is 0. The van der Waals surface area contributed by atoms with Crippen LogP contribution in [0.1, 0.15) is 42.7 Å². The third-order valence-electron chi connectivity index (χ3n) is 4.58. The number of anilines is 1. The van der Waals surface area contributed by atoms with E-state index in [1.165, 1.54) is 16.7 Å². The Kier molecular flexibility index (Phi) is 4.75. The lowest BCUT2D eigenvalue weighted by Crippen LogP contribution is -2.24. The minimum atomic E-state index is 0.833. The van der Waals surface area contributed by atoms with Gasteiger partial charge in [0.1, 0.15) is 0 Å². The molecule has 3 rings (SSSR count). The van der Waals surface area contributed by atoms with Crippen LogP contribution in [0.15, 0.2) is 18.2 Å². The Hall–Kier alpha value is -2.43. The fraction of sp³-hybridized carbons (Fsp3) is 0.450. The number of fused-ring (bicyclic) bond motifs is 1. The maximum absolute atomic E-state index is 4.77. The molecule has 3 aromatic rings. The summed E-state index contributed by atoms with van der Waals surface area (Å²) < 4.78 is 1.90. The molecule has 1 aromatic carbocycles. The molecular formula is C20H27N5. The minimum absolute atomic E-state index is 0.833. The van der Waals surface area contributed by atoms with Crippen LogP contribution in [0.2, 0.25) is 0 Å². The van der Waals surface area contributed by atoms with Crippen molar-refractivity contribution >= 4 is 16.9 Å². The first-order chi connectivity index (χ1) is 12.0. The smallest absolute Gasteiger partial charge is 0.186 e. The molecule has 0 amide bonds. The Balaban J connectivity index is 2.25. The van der Waals surface area contributed by atoms with Crippen LogP contribution in [-0.4, -0.2) is 33.1 Å². The Morgan fingerprint density at radius 2 is 1.68 bits per heavy atom.